The van der Waals surface area contributed by atoms with E-state index in [0.29, 0.717) is 5.75 Å². The number of aliphatic hydroxyl groups is 1. The van der Waals surface area contributed by atoms with Gasteiger partial charge < -0.3 is 10.2 Å². The Hall–Kier alpha value is -1.84. The molecule has 0 spiro atoms. The summed E-state index contributed by atoms with van der Waals surface area (Å²) in [5, 5.41) is 21.1. The zero-order chi connectivity index (χ0) is 16.7. The topological polar surface area (TPSA) is 43.7 Å². The Balaban J connectivity index is 1.57. The van der Waals surface area contributed by atoms with E-state index < -0.39 is 5.60 Å². The van der Waals surface area contributed by atoms with E-state index in [1.807, 2.05) is 25.1 Å². The van der Waals surface area contributed by atoms with E-state index in [9.17, 15) is 10.2 Å². The highest BCUT2D eigenvalue weighted by Gasteiger charge is 2.50. The van der Waals surface area contributed by atoms with Crippen LogP contribution in [0.2, 0.25) is 0 Å². The number of hydrogen-bond donors (Lipinski definition) is 2. The average Bonchev–Trinajstić information content (AvgIpc) is 2.55. The van der Waals surface area contributed by atoms with Crippen molar-refractivity contribution in [2.24, 2.45) is 0 Å². The van der Waals surface area contributed by atoms with Crippen LogP contribution in [0.25, 0.3) is 0 Å². The first-order valence-corrected chi connectivity index (χ1v) is 8.88. The summed E-state index contributed by atoms with van der Waals surface area (Å²) in [6.45, 7) is 3.96. The minimum Gasteiger partial charge on any atom is -0.508 e. The zero-order valence-electron chi connectivity index (χ0n) is 14.2. The van der Waals surface area contributed by atoms with Crippen LogP contribution in [0.5, 0.6) is 5.75 Å². The maximum atomic E-state index is 11.2. The molecule has 4 rings (SSSR count). The fraction of sp³-hybridized carbons (Fsp3) is 0.429. The molecule has 2 aromatic rings. The minimum atomic E-state index is -0.740. The van der Waals surface area contributed by atoms with Gasteiger partial charge in [-0.2, -0.15) is 0 Å². The van der Waals surface area contributed by atoms with Crippen LogP contribution < -0.4 is 0 Å². The van der Waals surface area contributed by atoms with Crippen molar-refractivity contribution in [3.8, 4) is 5.75 Å². The fourth-order valence-corrected chi connectivity index (χ4v) is 4.64. The van der Waals surface area contributed by atoms with Crippen molar-refractivity contribution < 1.29 is 10.2 Å². The summed E-state index contributed by atoms with van der Waals surface area (Å²) in [5.74, 6) is 0.417. The quantitative estimate of drug-likeness (QED) is 0.912. The monoisotopic (exact) mass is 323 g/mol. The Bertz CT molecular complexity index is 726. The van der Waals surface area contributed by atoms with Gasteiger partial charge in [0.05, 0.1) is 5.60 Å². The number of phenols is 1. The van der Waals surface area contributed by atoms with Gasteiger partial charge in [0.25, 0.3) is 0 Å². The second-order valence-electron chi connectivity index (χ2n) is 7.44. The Morgan fingerprint density at radius 3 is 2.75 bits per heavy atom. The van der Waals surface area contributed by atoms with Crippen LogP contribution in [-0.4, -0.2) is 39.8 Å². The lowest BCUT2D eigenvalue weighted by atomic mass is 9.65. The molecule has 1 aliphatic carbocycles. The normalized spacial score (nSPS) is 29.2. The number of hydrogen-bond acceptors (Lipinski definition) is 3. The van der Waals surface area contributed by atoms with Crippen LogP contribution in [0.4, 0.5) is 0 Å². The summed E-state index contributed by atoms with van der Waals surface area (Å²) >= 11 is 0. The lowest BCUT2D eigenvalue weighted by Gasteiger charge is -2.53. The molecule has 24 heavy (non-hydrogen) atoms. The van der Waals surface area contributed by atoms with E-state index in [1.54, 1.807) is 6.07 Å². The third-order valence-electron chi connectivity index (χ3n) is 5.97. The van der Waals surface area contributed by atoms with Crippen LogP contribution in [0.15, 0.2) is 48.5 Å². The Labute approximate surface area is 143 Å². The number of rotatable bonds is 3. The van der Waals surface area contributed by atoms with Gasteiger partial charge in [-0.15, -0.1) is 0 Å². The molecule has 2 bridgehead atoms. The molecule has 2 aliphatic rings. The molecule has 3 nitrogen and oxygen atoms in total. The SMILES string of the molecule is C[C@@]1(O)[C@@H]2Cc3ccc(O)cc3[C@@H]1CCN2CCc1ccccc1. The molecule has 3 heteroatoms. The number of piperidine rings is 1. The van der Waals surface area contributed by atoms with Gasteiger partial charge in [0.2, 0.25) is 0 Å². The highest BCUT2D eigenvalue weighted by atomic mass is 16.3. The highest BCUT2D eigenvalue weighted by Crippen LogP contribution is 2.47. The molecule has 126 valence electrons. The van der Waals surface area contributed by atoms with Crippen molar-refractivity contribution in [2.75, 3.05) is 13.1 Å². The van der Waals surface area contributed by atoms with Crippen molar-refractivity contribution >= 4 is 0 Å². The van der Waals surface area contributed by atoms with Gasteiger partial charge in [-0.1, -0.05) is 36.4 Å². The van der Waals surface area contributed by atoms with E-state index in [1.165, 1.54) is 11.1 Å². The maximum Gasteiger partial charge on any atom is 0.115 e. The van der Waals surface area contributed by atoms with Crippen molar-refractivity contribution in [2.45, 2.75) is 43.7 Å². The summed E-state index contributed by atoms with van der Waals surface area (Å²) in [6, 6.07) is 16.4. The average molecular weight is 323 g/mol. The number of nitrogens with zero attached hydrogens (tertiary/aromatic N) is 1. The summed E-state index contributed by atoms with van der Waals surface area (Å²) in [7, 11) is 0. The first-order valence-electron chi connectivity index (χ1n) is 8.88. The Morgan fingerprint density at radius 1 is 1.17 bits per heavy atom. The summed E-state index contributed by atoms with van der Waals surface area (Å²) < 4.78 is 0. The summed E-state index contributed by atoms with van der Waals surface area (Å²) in [6.07, 6.45) is 2.81. The molecule has 3 atom stereocenters. The Morgan fingerprint density at radius 2 is 1.96 bits per heavy atom. The number of fused-ring (bicyclic) bond motifs is 4. The third-order valence-corrected chi connectivity index (χ3v) is 5.97. The van der Waals surface area contributed by atoms with E-state index in [-0.39, 0.29) is 12.0 Å². The molecule has 1 heterocycles. The number of phenolic OH excluding ortho intramolecular Hbond substituents is 1. The van der Waals surface area contributed by atoms with Crippen molar-refractivity contribution in [3.63, 3.8) is 0 Å². The van der Waals surface area contributed by atoms with E-state index >= 15 is 0 Å². The standard InChI is InChI=1S/C21H25NO2/c1-21(24)19-10-12-22(11-9-15-5-3-2-4-6-15)20(21)13-16-7-8-17(23)14-18(16)19/h2-8,14,19-20,23-24H,9-13H2,1H3/t19-,20-,21-/m0/s1. The lowest BCUT2D eigenvalue weighted by Crippen LogP contribution is -2.62. The largest absolute Gasteiger partial charge is 0.508 e. The Kier molecular flexibility index (Phi) is 3.86. The zero-order valence-corrected chi connectivity index (χ0v) is 14.2. The molecule has 0 unspecified atom stereocenters. The van der Waals surface area contributed by atoms with Gasteiger partial charge in [0.1, 0.15) is 5.75 Å². The first-order chi connectivity index (χ1) is 11.6. The van der Waals surface area contributed by atoms with Gasteiger partial charge in [0, 0.05) is 18.5 Å². The van der Waals surface area contributed by atoms with E-state index in [0.717, 1.165) is 37.9 Å². The number of aromatic hydroxyl groups is 1. The van der Waals surface area contributed by atoms with E-state index in [4.69, 9.17) is 0 Å². The fourth-order valence-electron chi connectivity index (χ4n) is 4.64. The summed E-state index contributed by atoms with van der Waals surface area (Å²) in [5.41, 5.74) is 3.02. The lowest BCUT2D eigenvalue weighted by molar-refractivity contribution is -0.0903. The smallest absolute Gasteiger partial charge is 0.115 e. The van der Waals surface area contributed by atoms with Gasteiger partial charge in [-0.3, -0.25) is 4.90 Å². The predicted molar refractivity (Wildman–Crippen MR) is 95.3 cm³/mol. The summed E-state index contributed by atoms with van der Waals surface area (Å²) in [4.78, 5) is 2.46. The molecule has 0 amide bonds. The minimum absolute atomic E-state index is 0.117. The van der Waals surface area contributed by atoms with E-state index in [2.05, 4.69) is 29.2 Å². The molecule has 0 radical (unpaired) electrons. The van der Waals surface area contributed by atoms with Crippen LogP contribution >= 0.6 is 0 Å². The number of likely N-dealkylation sites (tertiary alicyclic amines) is 1. The molecule has 0 aromatic heterocycles. The second-order valence-corrected chi connectivity index (χ2v) is 7.44. The number of benzene rings is 2. The molecule has 1 fully saturated rings. The molecule has 1 aliphatic heterocycles. The highest BCUT2D eigenvalue weighted by molar-refractivity contribution is 5.43. The van der Waals surface area contributed by atoms with Gasteiger partial charge in [-0.05, 0) is 61.6 Å². The molecule has 2 aromatic carbocycles. The second kappa shape index (κ2) is 5.91. The predicted octanol–water partition coefficient (Wildman–Crippen LogP) is 3.10. The van der Waals surface area contributed by atoms with Gasteiger partial charge in [0.15, 0.2) is 0 Å². The molecule has 0 saturated carbocycles. The maximum absolute atomic E-state index is 11.2. The van der Waals surface area contributed by atoms with Crippen LogP contribution in [0.3, 0.4) is 0 Å². The molecule has 1 saturated heterocycles. The molecular weight excluding hydrogens is 298 g/mol. The van der Waals surface area contributed by atoms with Crippen molar-refractivity contribution in [1.29, 1.82) is 0 Å². The molecule has 2 N–H and O–H groups in total. The first kappa shape index (κ1) is 15.7. The van der Waals surface area contributed by atoms with Crippen molar-refractivity contribution in [1.82, 2.24) is 4.90 Å². The van der Waals surface area contributed by atoms with Crippen LogP contribution in [0, 0.1) is 0 Å². The van der Waals surface area contributed by atoms with Gasteiger partial charge >= 0.3 is 0 Å². The van der Waals surface area contributed by atoms with Crippen LogP contribution in [0.1, 0.15) is 36.0 Å². The third kappa shape index (κ3) is 2.62. The van der Waals surface area contributed by atoms with Crippen molar-refractivity contribution in [3.05, 3.63) is 65.2 Å². The molecular formula is C21H25NO2. The van der Waals surface area contributed by atoms with Crippen LogP contribution in [-0.2, 0) is 12.8 Å². The van der Waals surface area contributed by atoms with Gasteiger partial charge in [-0.25, -0.2) is 0 Å².